The van der Waals surface area contributed by atoms with Crippen LogP contribution in [0.1, 0.15) is 11.1 Å². The van der Waals surface area contributed by atoms with E-state index in [9.17, 15) is 8.42 Å². The fourth-order valence-electron chi connectivity index (χ4n) is 1.56. The van der Waals surface area contributed by atoms with Crippen molar-refractivity contribution in [2.75, 3.05) is 11.8 Å². The van der Waals surface area contributed by atoms with E-state index in [0.717, 1.165) is 29.0 Å². The number of hydrogen-bond acceptors (Lipinski definition) is 6. The highest BCUT2D eigenvalue weighted by atomic mass is 32.2. The SMILES string of the molecule is CNCc1ccc(CS(=O)(=O)Nc2nncs2)cc1. The molecule has 6 nitrogen and oxygen atoms in total. The molecule has 1 aromatic carbocycles. The Balaban J connectivity index is 2.03. The van der Waals surface area contributed by atoms with E-state index >= 15 is 0 Å². The van der Waals surface area contributed by atoms with Gasteiger partial charge in [-0.05, 0) is 18.2 Å². The Morgan fingerprint density at radius 2 is 1.89 bits per heavy atom. The van der Waals surface area contributed by atoms with Gasteiger partial charge in [0.15, 0.2) is 0 Å². The van der Waals surface area contributed by atoms with Gasteiger partial charge in [0.05, 0.1) is 5.75 Å². The minimum atomic E-state index is -3.44. The van der Waals surface area contributed by atoms with E-state index in [2.05, 4.69) is 20.2 Å². The summed E-state index contributed by atoms with van der Waals surface area (Å²) < 4.78 is 26.2. The zero-order chi connectivity index (χ0) is 13.7. The first-order valence-corrected chi connectivity index (χ1v) is 8.11. The van der Waals surface area contributed by atoms with Crippen LogP contribution in [0.15, 0.2) is 29.8 Å². The number of rotatable bonds is 6. The number of sulfonamides is 1. The predicted molar refractivity (Wildman–Crippen MR) is 75.4 cm³/mol. The zero-order valence-electron chi connectivity index (χ0n) is 10.3. The summed E-state index contributed by atoms with van der Waals surface area (Å²) in [5.74, 6) is -0.0770. The van der Waals surface area contributed by atoms with Crippen molar-refractivity contribution in [3.8, 4) is 0 Å². The molecule has 2 rings (SSSR count). The molecule has 8 heteroatoms. The van der Waals surface area contributed by atoms with Gasteiger partial charge in [-0.3, -0.25) is 4.72 Å². The van der Waals surface area contributed by atoms with E-state index in [1.165, 1.54) is 5.51 Å². The largest absolute Gasteiger partial charge is 0.316 e. The molecule has 0 saturated carbocycles. The molecule has 0 aliphatic carbocycles. The Kier molecular flexibility index (Phi) is 4.46. The van der Waals surface area contributed by atoms with Crippen LogP contribution in [0.2, 0.25) is 0 Å². The highest BCUT2D eigenvalue weighted by molar-refractivity contribution is 7.92. The first-order valence-electron chi connectivity index (χ1n) is 5.58. The molecule has 19 heavy (non-hydrogen) atoms. The van der Waals surface area contributed by atoms with Crippen molar-refractivity contribution in [3.05, 3.63) is 40.9 Å². The van der Waals surface area contributed by atoms with Gasteiger partial charge in [0.25, 0.3) is 0 Å². The third-order valence-corrected chi connectivity index (χ3v) is 4.32. The van der Waals surface area contributed by atoms with Crippen molar-refractivity contribution in [3.63, 3.8) is 0 Å². The number of anilines is 1. The molecule has 0 aliphatic heterocycles. The highest BCUT2D eigenvalue weighted by Crippen LogP contribution is 2.14. The second kappa shape index (κ2) is 6.09. The maximum Gasteiger partial charge on any atom is 0.238 e. The summed E-state index contributed by atoms with van der Waals surface area (Å²) in [5.41, 5.74) is 3.32. The monoisotopic (exact) mass is 298 g/mol. The van der Waals surface area contributed by atoms with Crippen molar-refractivity contribution in [2.24, 2.45) is 0 Å². The van der Waals surface area contributed by atoms with Gasteiger partial charge in [0.2, 0.25) is 15.2 Å². The molecular formula is C11H14N4O2S2. The lowest BCUT2D eigenvalue weighted by Crippen LogP contribution is -2.15. The maximum absolute atomic E-state index is 11.9. The summed E-state index contributed by atoms with van der Waals surface area (Å²) in [4.78, 5) is 0. The Morgan fingerprint density at radius 3 is 2.47 bits per heavy atom. The van der Waals surface area contributed by atoms with E-state index in [0.29, 0.717) is 0 Å². The number of hydrogen-bond donors (Lipinski definition) is 2. The summed E-state index contributed by atoms with van der Waals surface area (Å²) in [6.45, 7) is 0.760. The van der Waals surface area contributed by atoms with Gasteiger partial charge in [0.1, 0.15) is 5.51 Å². The number of nitrogens with one attached hydrogen (secondary N) is 2. The Morgan fingerprint density at radius 1 is 1.21 bits per heavy atom. The first kappa shape index (κ1) is 13.9. The van der Waals surface area contributed by atoms with Crippen molar-refractivity contribution in [2.45, 2.75) is 12.3 Å². The number of benzene rings is 1. The summed E-state index contributed by atoms with van der Waals surface area (Å²) in [6.07, 6.45) is 0. The topological polar surface area (TPSA) is 84.0 Å². The lowest BCUT2D eigenvalue weighted by molar-refractivity contribution is 0.600. The van der Waals surface area contributed by atoms with Crippen LogP contribution in [0.4, 0.5) is 5.13 Å². The Hall–Kier alpha value is -1.51. The number of aromatic nitrogens is 2. The van der Waals surface area contributed by atoms with Gasteiger partial charge in [0, 0.05) is 6.54 Å². The fraction of sp³-hybridized carbons (Fsp3) is 0.273. The predicted octanol–water partition coefficient (Wildman–Crippen LogP) is 1.20. The van der Waals surface area contributed by atoms with Gasteiger partial charge < -0.3 is 5.32 Å². The molecule has 0 saturated heterocycles. The van der Waals surface area contributed by atoms with Gasteiger partial charge in [-0.15, -0.1) is 10.2 Å². The van der Waals surface area contributed by atoms with Gasteiger partial charge >= 0.3 is 0 Å². The van der Waals surface area contributed by atoms with E-state index < -0.39 is 10.0 Å². The van der Waals surface area contributed by atoms with Crippen LogP contribution in [0.3, 0.4) is 0 Å². The van der Waals surface area contributed by atoms with Crippen molar-refractivity contribution >= 4 is 26.5 Å². The molecule has 2 aromatic rings. The van der Waals surface area contributed by atoms with E-state index in [1.807, 2.05) is 31.3 Å². The molecule has 0 amide bonds. The second-order valence-corrected chi connectivity index (χ2v) is 6.51. The fourth-order valence-corrected chi connectivity index (χ4v) is 3.44. The molecule has 0 atom stereocenters. The first-order chi connectivity index (χ1) is 9.09. The second-order valence-electron chi connectivity index (χ2n) is 3.95. The van der Waals surface area contributed by atoms with E-state index in [1.54, 1.807) is 0 Å². The molecule has 1 aromatic heterocycles. The van der Waals surface area contributed by atoms with Crippen LogP contribution in [-0.2, 0) is 22.3 Å². The molecule has 0 radical (unpaired) electrons. The Bertz CT molecular complexity index is 609. The third-order valence-electron chi connectivity index (χ3n) is 2.36. The lowest BCUT2D eigenvalue weighted by Gasteiger charge is -2.06. The average molecular weight is 298 g/mol. The Labute approximate surface area is 115 Å². The van der Waals surface area contributed by atoms with Gasteiger partial charge in [-0.1, -0.05) is 35.6 Å². The average Bonchev–Trinajstić information content (AvgIpc) is 2.83. The maximum atomic E-state index is 11.9. The normalized spacial score (nSPS) is 11.4. The smallest absolute Gasteiger partial charge is 0.238 e. The van der Waals surface area contributed by atoms with Crippen LogP contribution in [0, 0.1) is 0 Å². The molecule has 0 bridgehead atoms. The highest BCUT2D eigenvalue weighted by Gasteiger charge is 2.13. The summed E-state index contributed by atoms with van der Waals surface area (Å²) in [6, 6.07) is 7.44. The van der Waals surface area contributed by atoms with Crippen LogP contribution in [0.25, 0.3) is 0 Å². The molecule has 2 N–H and O–H groups in total. The van der Waals surface area contributed by atoms with Crippen LogP contribution in [0.5, 0.6) is 0 Å². The van der Waals surface area contributed by atoms with E-state index in [4.69, 9.17) is 0 Å². The zero-order valence-corrected chi connectivity index (χ0v) is 12.0. The summed E-state index contributed by atoms with van der Waals surface area (Å²) in [7, 11) is -1.58. The van der Waals surface area contributed by atoms with Crippen LogP contribution in [-0.4, -0.2) is 25.7 Å². The molecule has 102 valence electrons. The molecule has 0 spiro atoms. The molecule has 0 unspecified atom stereocenters. The van der Waals surface area contributed by atoms with Crippen molar-refractivity contribution in [1.29, 1.82) is 0 Å². The van der Waals surface area contributed by atoms with Crippen LogP contribution >= 0.6 is 11.3 Å². The van der Waals surface area contributed by atoms with Crippen LogP contribution < -0.4 is 10.0 Å². The van der Waals surface area contributed by atoms with Gasteiger partial charge in [-0.2, -0.15) is 0 Å². The summed E-state index contributed by atoms with van der Waals surface area (Å²) >= 11 is 1.15. The number of nitrogens with zero attached hydrogens (tertiary/aromatic N) is 2. The third kappa shape index (κ3) is 4.27. The van der Waals surface area contributed by atoms with E-state index in [-0.39, 0.29) is 10.9 Å². The molecule has 0 aliphatic rings. The quantitative estimate of drug-likeness (QED) is 0.837. The molecule has 1 heterocycles. The standard InChI is InChI=1S/C11H14N4O2S2/c1-12-6-9-2-4-10(5-3-9)7-19(16,17)15-11-14-13-8-18-11/h2-5,8,12H,6-7H2,1H3,(H,14,15). The molecule has 0 fully saturated rings. The minimum Gasteiger partial charge on any atom is -0.316 e. The minimum absolute atomic E-state index is 0.0770. The van der Waals surface area contributed by atoms with Crippen molar-refractivity contribution < 1.29 is 8.42 Å². The summed E-state index contributed by atoms with van der Waals surface area (Å²) in [5, 5.41) is 10.6. The van der Waals surface area contributed by atoms with Gasteiger partial charge in [-0.25, -0.2) is 8.42 Å². The van der Waals surface area contributed by atoms with Crippen molar-refractivity contribution in [1.82, 2.24) is 15.5 Å². The molecular weight excluding hydrogens is 284 g/mol. The lowest BCUT2D eigenvalue weighted by atomic mass is 10.1.